The first-order valence-electron chi connectivity index (χ1n) is 8.75. The van der Waals surface area contributed by atoms with Crippen LogP contribution >= 0.6 is 22.9 Å². The third-order valence-electron chi connectivity index (χ3n) is 4.67. The van der Waals surface area contributed by atoms with Gasteiger partial charge in [0.15, 0.2) is 5.82 Å². The molecule has 0 atom stereocenters. The summed E-state index contributed by atoms with van der Waals surface area (Å²) in [5.74, 6) is 1.05. The van der Waals surface area contributed by atoms with Crippen LogP contribution in [-0.2, 0) is 11.2 Å². The molecule has 0 spiro atoms. The number of carbonyl (C=O) groups is 1. The van der Waals surface area contributed by atoms with Crippen LogP contribution in [0.4, 0.5) is 5.69 Å². The second-order valence-corrected chi connectivity index (χ2v) is 7.88. The smallest absolute Gasteiger partial charge is 0.253 e. The Hall–Kier alpha value is -2.77. The topological polar surface area (TPSA) is 72.2 Å². The molecular weight excluding hydrogens is 394 g/mol. The molecule has 0 aliphatic rings. The maximum atomic E-state index is 12.7. The first-order chi connectivity index (χ1) is 13.4. The Kier molecular flexibility index (Phi) is 4.87. The van der Waals surface area contributed by atoms with E-state index in [1.54, 1.807) is 21.9 Å². The summed E-state index contributed by atoms with van der Waals surface area (Å²) < 4.78 is 1.70. The van der Waals surface area contributed by atoms with E-state index in [1.165, 1.54) is 0 Å². The van der Waals surface area contributed by atoms with Gasteiger partial charge in [0, 0.05) is 27.7 Å². The number of hydrogen-bond donors (Lipinski definition) is 1. The summed E-state index contributed by atoms with van der Waals surface area (Å²) in [5.41, 5.74) is 4.02. The van der Waals surface area contributed by atoms with Crippen molar-refractivity contribution in [1.82, 2.24) is 19.6 Å². The molecule has 4 rings (SSSR count). The zero-order chi connectivity index (χ0) is 19.8. The maximum absolute atomic E-state index is 12.7. The number of benzene rings is 1. The first kappa shape index (κ1) is 18.6. The van der Waals surface area contributed by atoms with Gasteiger partial charge in [-0.1, -0.05) is 23.7 Å². The number of nitrogens with one attached hydrogen (secondary N) is 1. The SMILES string of the molecule is Cc1nc2nc(-c3cccs3)nn2c(C)c1CC(=O)Nc1cccc(Cl)c1C. The molecule has 0 unspecified atom stereocenters. The number of rotatable bonds is 4. The minimum Gasteiger partial charge on any atom is -0.326 e. The molecule has 1 N–H and O–H groups in total. The molecular formula is C20H18ClN5OS. The fraction of sp³-hybridized carbons (Fsp3) is 0.200. The van der Waals surface area contributed by atoms with Crippen LogP contribution in [-0.4, -0.2) is 25.5 Å². The molecule has 3 heterocycles. The number of hydrogen-bond acceptors (Lipinski definition) is 5. The van der Waals surface area contributed by atoms with Gasteiger partial charge in [0.25, 0.3) is 5.78 Å². The third-order valence-corrected chi connectivity index (χ3v) is 5.94. The molecule has 0 saturated carbocycles. The lowest BCUT2D eigenvalue weighted by molar-refractivity contribution is -0.115. The monoisotopic (exact) mass is 411 g/mol. The number of aryl methyl sites for hydroxylation is 2. The maximum Gasteiger partial charge on any atom is 0.253 e. The van der Waals surface area contributed by atoms with Crippen LogP contribution in [0, 0.1) is 20.8 Å². The van der Waals surface area contributed by atoms with Gasteiger partial charge in [0.05, 0.1) is 11.3 Å². The quantitative estimate of drug-likeness (QED) is 0.532. The zero-order valence-corrected chi connectivity index (χ0v) is 17.2. The van der Waals surface area contributed by atoms with E-state index in [0.717, 1.165) is 27.4 Å². The number of aromatic nitrogens is 4. The summed E-state index contributed by atoms with van der Waals surface area (Å²) in [7, 11) is 0. The van der Waals surface area contributed by atoms with Crippen LogP contribution < -0.4 is 5.32 Å². The van der Waals surface area contributed by atoms with Crippen molar-refractivity contribution < 1.29 is 4.79 Å². The number of anilines is 1. The van der Waals surface area contributed by atoms with Crippen LogP contribution in [0.15, 0.2) is 35.7 Å². The van der Waals surface area contributed by atoms with Gasteiger partial charge in [0.2, 0.25) is 5.91 Å². The Labute approximate surface area is 171 Å². The highest BCUT2D eigenvalue weighted by Crippen LogP contribution is 2.25. The van der Waals surface area contributed by atoms with Crippen molar-refractivity contribution in [3.05, 3.63) is 63.2 Å². The molecule has 0 bridgehead atoms. The Balaban J connectivity index is 1.64. The van der Waals surface area contributed by atoms with Gasteiger partial charge in [-0.15, -0.1) is 16.4 Å². The molecule has 0 aliphatic heterocycles. The summed E-state index contributed by atoms with van der Waals surface area (Å²) in [6.45, 7) is 5.70. The van der Waals surface area contributed by atoms with Gasteiger partial charge >= 0.3 is 0 Å². The second kappa shape index (κ2) is 7.33. The van der Waals surface area contributed by atoms with Crippen LogP contribution in [0.2, 0.25) is 5.02 Å². The highest BCUT2D eigenvalue weighted by atomic mass is 35.5. The normalized spacial score (nSPS) is 11.1. The molecule has 3 aromatic heterocycles. The van der Waals surface area contributed by atoms with Gasteiger partial charge in [0.1, 0.15) is 0 Å². The highest BCUT2D eigenvalue weighted by molar-refractivity contribution is 7.13. The zero-order valence-electron chi connectivity index (χ0n) is 15.7. The lowest BCUT2D eigenvalue weighted by Crippen LogP contribution is -2.18. The molecule has 0 fully saturated rings. The number of halogens is 1. The molecule has 4 aromatic rings. The van der Waals surface area contributed by atoms with Gasteiger partial charge in [-0.3, -0.25) is 4.79 Å². The fourth-order valence-electron chi connectivity index (χ4n) is 3.07. The van der Waals surface area contributed by atoms with Gasteiger partial charge in [-0.05, 0) is 49.9 Å². The van der Waals surface area contributed by atoms with Crippen molar-refractivity contribution in [3.63, 3.8) is 0 Å². The number of thiophene rings is 1. The average Bonchev–Trinajstić information content (AvgIpc) is 3.32. The van der Waals surface area contributed by atoms with E-state index in [0.29, 0.717) is 22.3 Å². The Morgan fingerprint density at radius 3 is 2.75 bits per heavy atom. The molecule has 8 heteroatoms. The standard InChI is InChI=1S/C20H18ClN5OS/c1-11-15(21)6-4-7-16(11)23-18(27)10-14-12(2)22-20-24-19(17-8-5-9-28-17)25-26(20)13(14)3/h4-9H,10H2,1-3H3,(H,23,27). The average molecular weight is 412 g/mol. The largest absolute Gasteiger partial charge is 0.326 e. The Bertz CT molecular complexity index is 1180. The molecule has 142 valence electrons. The van der Waals surface area contributed by atoms with Crippen molar-refractivity contribution >= 4 is 40.3 Å². The van der Waals surface area contributed by atoms with Crippen LogP contribution in [0.5, 0.6) is 0 Å². The van der Waals surface area contributed by atoms with E-state index in [1.807, 2.05) is 50.4 Å². The number of fused-ring (bicyclic) bond motifs is 1. The van der Waals surface area contributed by atoms with Crippen molar-refractivity contribution in [1.29, 1.82) is 0 Å². The number of amides is 1. The number of nitrogens with zero attached hydrogens (tertiary/aromatic N) is 4. The van der Waals surface area contributed by atoms with E-state index in [2.05, 4.69) is 20.4 Å². The van der Waals surface area contributed by atoms with Gasteiger partial charge in [-0.25, -0.2) is 9.50 Å². The third kappa shape index (κ3) is 3.39. The van der Waals surface area contributed by atoms with E-state index in [9.17, 15) is 4.79 Å². The molecule has 1 amide bonds. The van der Waals surface area contributed by atoms with E-state index >= 15 is 0 Å². The first-order valence-corrected chi connectivity index (χ1v) is 10.0. The van der Waals surface area contributed by atoms with Crippen LogP contribution in [0.3, 0.4) is 0 Å². The molecule has 1 aromatic carbocycles. The highest BCUT2D eigenvalue weighted by Gasteiger charge is 2.17. The minimum absolute atomic E-state index is 0.128. The predicted molar refractivity (Wildman–Crippen MR) is 112 cm³/mol. The van der Waals surface area contributed by atoms with Crippen molar-refractivity contribution in [3.8, 4) is 10.7 Å². The lowest BCUT2D eigenvalue weighted by Gasteiger charge is -2.12. The Morgan fingerprint density at radius 2 is 2.00 bits per heavy atom. The Morgan fingerprint density at radius 1 is 1.18 bits per heavy atom. The molecule has 0 aliphatic carbocycles. The summed E-state index contributed by atoms with van der Waals surface area (Å²) in [4.78, 5) is 22.7. The van der Waals surface area contributed by atoms with Gasteiger partial charge in [-0.2, -0.15) is 4.98 Å². The molecule has 0 saturated heterocycles. The summed E-state index contributed by atoms with van der Waals surface area (Å²) in [6.07, 6.45) is 0.195. The van der Waals surface area contributed by atoms with E-state index < -0.39 is 0 Å². The van der Waals surface area contributed by atoms with E-state index in [-0.39, 0.29) is 12.3 Å². The van der Waals surface area contributed by atoms with Crippen LogP contribution in [0.25, 0.3) is 16.5 Å². The predicted octanol–water partition coefficient (Wildman–Crippen LogP) is 4.61. The van der Waals surface area contributed by atoms with Crippen molar-refractivity contribution in [2.75, 3.05) is 5.32 Å². The van der Waals surface area contributed by atoms with Crippen LogP contribution in [0.1, 0.15) is 22.5 Å². The summed E-state index contributed by atoms with van der Waals surface area (Å²) >= 11 is 7.72. The molecule has 28 heavy (non-hydrogen) atoms. The minimum atomic E-state index is -0.128. The van der Waals surface area contributed by atoms with E-state index in [4.69, 9.17) is 11.6 Å². The summed E-state index contributed by atoms with van der Waals surface area (Å²) in [5, 5.41) is 10.1. The van der Waals surface area contributed by atoms with Crippen molar-refractivity contribution in [2.24, 2.45) is 0 Å². The molecule has 0 radical (unpaired) electrons. The van der Waals surface area contributed by atoms with Gasteiger partial charge < -0.3 is 5.32 Å². The number of carbonyl (C=O) groups excluding carboxylic acids is 1. The second-order valence-electron chi connectivity index (χ2n) is 6.52. The summed E-state index contributed by atoms with van der Waals surface area (Å²) in [6, 6.07) is 9.39. The molecule has 6 nitrogen and oxygen atoms in total. The fourth-order valence-corrected chi connectivity index (χ4v) is 3.90. The lowest BCUT2D eigenvalue weighted by atomic mass is 10.1. The van der Waals surface area contributed by atoms with Crippen molar-refractivity contribution in [2.45, 2.75) is 27.2 Å².